The highest BCUT2D eigenvalue weighted by Gasteiger charge is 2.41. The summed E-state index contributed by atoms with van der Waals surface area (Å²) in [4.78, 5) is 34.8. The van der Waals surface area contributed by atoms with Crippen molar-refractivity contribution in [1.29, 1.82) is 0 Å². The maximum absolute atomic E-state index is 13.6. The highest BCUT2D eigenvalue weighted by molar-refractivity contribution is 5.94. The van der Waals surface area contributed by atoms with Gasteiger partial charge in [-0.15, -0.1) is 0 Å². The van der Waals surface area contributed by atoms with Gasteiger partial charge in [0.05, 0.1) is 12.4 Å². The van der Waals surface area contributed by atoms with Gasteiger partial charge in [-0.3, -0.25) is 9.59 Å². The molecule has 2 saturated heterocycles. The molecule has 176 valence electrons. The first-order valence-corrected chi connectivity index (χ1v) is 12.3. The number of aryl methyl sites for hydroxylation is 1. The van der Waals surface area contributed by atoms with E-state index in [1.165, 1.54) is 5.56 Å². The van der Waals surface area contributed by atoms with Crippen LogP contribution in [0.2, 0.25) is 0 Å². The van der Waals surface area contributed by atoms with Crippen molar-refractivity contribution in [3.05, 3.63) is 90.0 Å². The van der Waals surface area contributed by atoms with Crippen molar-refractivity contribution in [3.8, 4) is 0 Å². The van der Waals surface area contributed by atoms with E-state index >= 15 is 0 Å². The Hall–Kier alpha value is -3.41. The van der Waals surface area contributed by atoms with Crippen LogP contribution in [-0.4, -0.2) is 56.8 Å². The largest absolute Gasteiger partial charge is 0.340 e. The fourth-order valence-corrected chi connectivity index (χ4v) is 5.41. The van der Waals surface area contributed by atoms with Crippen LogP contribution in [0.3, 0.4) is 0 Å². The molecule has 2 aliphatic rings. The summed E-state index contributed by atoms with van der Waals surface area (Å²) in [6.45, 7) is 2.87. The second-order valence-corrected chi connectivity index (χ2v) is 9.54. The van der Waals surface area contributed by atoms with Gasteiger partial charge in [-0.1, -0.05) is 48.9 Å². The summed E-state index contributed by atoms with van der Waals surface area (Å²) < 4.78 is 2.00. The minimum absolute atomic E-state index is 0.0861. The molecule has 2 aliphatic heterocycles. The average molecular weight is 457 g/mol. The van der Waals surface area contributed by atoms with E-state index in [2.05, 4.69) is 22.0 Å². The first kappa shape index (κ1) is 22.4. The summed E-state index contributed by atoms with van der Waals surface area (Å²) >= 11 is 0. The van der Waals surface area contributed by atoms with Crippen molar-refractivity contribution < 1.29 is 9.59 Å². The second-order valence-electron chi connectivity index (χ2n) is 9.54. The third-order valence-electron chi connectivity index (χ3n) is 7.21. The predicted octanol–water partition coefficient (Wildman–Crippen LogP) is 4.02. The number of carbonyl (C=O) groups is 2. The second kappa shape index (κ2) is 10.2. The van der Waals surface area contributed by atoms with Gasteiger partial charge < -0.3 is 14.4 Å². The molecule has 34 heavy (non-hydrogen) atoms. The minimum Gasteiger partial charge on any atom is -0.340 e. The smallest absolute Gasteiger partial charge is 0.254 e. The molecule has 3 aromatic rings. The van der Waals surface area contributed by atoms with Crippen molar-refractivity contribution in [3.63, 3.8) is 0 Å². The van der Waals surface area contributed by atoms with E-state index in [1.54, 1.807) is 12.5 Å². The van der Waals surface area contributed by atoms with Gasteiger partial charge in [-0.25, -0.2) is 4.98 Å². The van der Waals surface area contributed by atoms with Gasteiger partial charge in [0.1, 0.15) is 0 Å². The zero-order valence-electron chi connectivity index (χ0n) is 19.6. The van der Waals surface area contributed by atoms with Crippen LogP contribution in [0.5, 0.6) is 0 Å². The highest BCUT2D eigenvalue weighted by atomic mass is 16.2. The van der Waals surface area contributed by atoms with E-state index in [1.807, 2.05) is 58.1 Å². The number of hydrogen-bond donors (Lipinski definition) is 0. The molecule has 5 rings (SSSR count). The van der Waals surface area contributed by atoms with Crippen LogP contribution in [0.25, 0.3) is 0 Å². The fraction of sp³-hybridized carbons (Fsp3) is 0.393. The fourth-order valence-electron chi connectivity index (χ4n) is 5.41. The molecular weight excluding hydrogens is 424 g/mol. The Labute approximate surface area is 201 Å². The molecule has 0 saturated carbocycles. The lowest BCUT2D eigenvalue weighted by molar-refractivity contribution is -0.130. The summed E-state index contributed by atoms with van der Waals surface area (Å²) in [5.74, 6) is 0.649. The van der Waals surface area contributed by atoms with Crippen LogP contribution in [0.15, 0.2) is 73.3 Å². The molecule has 2 amide bonds. The molecule has 2 atom stereocenters. The molecule has 6 nitrogen and oxygen atoms in total. The average Bonchev–Trinajstić information content (AvgIpc) is 3.49. The molecule has 3 heterocycles. The van der Waals surface area contributed by atoms with E-state index in [9.17, 15) is 9.59 Å². The number of rotatable bonds is 6. The molecule has 1 aromatic heterocycles. The van der Waals surface area contributed by atoms with Gasteiger partial charge in [-0.05, 0) is 48.4 Å². The normalized spacial score (nSPS) is 20.1. The number of likely N-dealkylation sites (tertiary alicyclic amines) is 2. The Morgan fingerprint density at radius 3 is 2.65 bits per heavy atom. The first-order chi connectivity index (χ1) is 16.7. The van der Waals surface area contributed by atoms with E-state index in [4.69, 9.17) is 0 Å². The van der Waals surface area contributed by atoms with E-state index in [-0.39, 0.29) is 17.9 Å². The van der Waals surface area contributed by atoms with E-state index in [0.717, 1.165) is 49.9 Å². The molecule has 0 unspecified atom stereocenters. The van der Waals surface area contributed by atoms with Gasteiger partial charge >= 0.3 is 0 Å². The molecule has 0 spiro atoms. The van der Waals surface area contributed by atoms with Gasteiger partial charge in [0.2, 0.25) is 5.91 Å². The lowest BCUT2D eigenvalue weighted by Gasteiger charge is -2.30. The predicted molar refractivity (Wildman–Crippen MR) is 131 cm³/mol. The van der Waals surface area contributed by atoms with Crippen LogP contribution in [-0.2, 0) is 17.8 Å². The molecule has 0 aliphatic carbocycles. The Bertz CT molecular complexity index is 1110. The molecule has 2 fully saturated rings. The third kappa shape index (κ3) is 5.06. The van der Waals surface area contributed by atoms with Crippen molar-refractivity contribution in [2.24, 2.45) is 5.92 Å². The highest BCUT2D eigenvalue weighted by Crippen LogP contribution is 2.31. The number of carbonyl (C=O) groups excluding carboxylic acids is 2. The van der Waals surface area contributed by atoms with Crippen molar-refractivity contribution >= 4 is 11.8 Å². The monoisotopic (exact) mass is 456 g/mol. The molecule has 0 radical (unpaired) electrons. The van der Waals surface area contributed by atoms with Crippen molar-refractivity contribution in [2.45, 2.75) is 44.7 Å². The Morgan fingerprint density at radius 2 is 1.82 bits per heavy atom. The third-order valence-corrected chi connectivity index (χ3v) is 7.21. The lowest BCUT2D eigenvalue weighted by atomic mass is 9.98. The van der Waals surface area contributed by atoms with Crippen molar-refractivity contribution in [2.75, 3.05) is 19.6 Å². The summed E-state index contributed by atoms with van der Waals surface area (Å²) in [6, 6.07) is 18.2. The number of amides is 2. The van der Waals surface area contributed by atoms with Crippen LogP contribution in [0, 0.1) is 5.92 Å². The van der Waals surface area contributed by atoms with Gasteiger partial charge in [0.15, 0.2) is 0 Å². The topological polar surface area (TPSA) is 58.4 Å². The standard InChI is InChI=1S/C28H32N4O2/c33-27(13-12-22-7-2-1-3-8-22)31-19-25-10-4-5-15-32(26(25)20-31)28(34)24-11-6-9-23(17-24)18-30-16-14-29-21-30/h1-3,6-9,11,14,16-17,21,25-26H,4-5,10,12-13,15,18-20H2/t25-,26+/m0/s1. The summed E-state index contributed by atoms with van der Waals surface area (Å²) in [5.41, 5.74) is 3.00. The molecule has 2 aromatic carbocycles. The Kier molecular flexibility index (Phi) is 6.74. The number of benzene rings is 2. The maximum Gasteiger partial charge on any atom is 0.254 e. The van der Waals surface area contributed by atoms with Crippen LogP contribution < -0.4 is 0 Å². The maximum atomic E-state index is 13.6. The van der Waals surface area contributed by atoms with Gasteiger partial charge in [0.25, 0.3) is 5.91 Å². The SMILES string of the molecule is O=C(CCc1ccccc1)N1C[C@@H]2CCCCN(C(=O)c3cccc(Cn4ccnc4)c3)[C@@H]2C1. The quantitative estimate of drug-likeness (QED) is 0.563. The Balaban J connectivity index is 1.27. The molecule has 0 N–H and O–H groups in total. The first-order valence-electron chi connectivity index (χ1n) is 12.3. The van der Waals surface area contributed by atoms with Crippen LogP contribution in [0.4, 0.5) is 0 Å². The number of hydrogen-bond acceptors (Lipinski definition) is 3. The summed E-state index contributed by atoms with van der Waals surface area (Å²) in [7, 11) is 0. The lowest BCUT2D eigenvalue weighted by Crippen LogP contribution is -2.44. The van der Waals surface area contributed by atoms with Crippen LogP contribution >= 0.6 is 0 Å². The van der Waals surface area contributed by atoms with E-state index in [0.29, 0.717) is 25.4 Å². The van der Waals surface area contributed by atoms with Crippen LogP contribution in [0.1, 0.15) is 47.2 Å². The molecular formula is C28H32N4O2. The summed E-state index contributed by atoms with van der Waals surface area (Å²) in [6.07, 6.45) is 9.97. The van der Waals surface area contributed by atoms with E-state index < -0.39 is 0 Å². The number of imidazole rings is 1. The minimum atomic E-state index is 0.0861. The Morgan fingerprint density at radius 1 is 0.971 bits per heavy atom. The zero-order chi connectivity index (χ0) is 23.3. The van der Waals surface area contributed by atoms with Crippen molar-refractivity contribution in [1.82, 2.24) is 19.4 Å². The molecule has 0 bridgehead atoms. The number of aromatic nitrogens is 2. The molecule has 6 heteroatoms. The van der Waals surface area contributed by atoms with Gasteiger partial charge in [0, 0.05) is 50.6 Å². The number of nitrogens with zero attached hydrogens (tertiary/aromatic N) is 4. The summed E-state index contributed by atoms with van der Waals surface area (Å²) in [5, 5.41) is 0. The number of fused-ring (bicyclic) bond motifs is 1. The van der Waals surface area contributed by atoms with Gasteiger partial charge in [-0.2, -0.15) is 0 Å². The zero-order valence-corrected chi connectivity index (χ0v) is 19.6.